The van der Waals surface area contributed by atoms with E-state index >= 15 is 0 Å². The molecule has 182 valence electrons. The number of ketones is 1. The van der Waals surface area contributed by atoms with E-state index in [0.29, 0.717) is 17.1 Å². The van der Waals surface area contributed by atoms with Crippen molar-refractivity contribution in [3.63, 3.8) is 0 Å². The highest BCUT2D eigenvalue weighted by atomic mass is 19.3. The number of methoxy groups -OCH3 is 1. The van der Waals surface area contributed by atoms with Gasteiger partial charge in [0, 0.05) is 17.0 Å². The van der Waals surface area contributed by atoms with Crippen molar-refractivity contribution in [1.82, 2.24) is 15.3 Å². The van der Waals surface area contributed by atoms with E-state index in [-0.39, 0.29) is 28.9 Å². The summed E-state index contributed by atoms with van der Waals surface area (Å²) in [6.07, 6.45) is 8.66. The van der Waals surface area contributed by atoms with Crippen LogP contribution in [-0.4, -0.2) is 41.4 Å². The van der Waals surface area contributed by atoms with E-state index in [2.05, 4.69) is 20.0 Å². The topological polar surface area (TPSA) is 93.3 Å². The molecule has 3 rings (SSSR count). The van der Waals surface area contributed by atoms with Crippen LogP contribution < -0.4 is 14.8 Å². The molecule has 1 fully saturated rings. The third-order valence-electron chi connectivity index (χ3n) is 5.79. The van der Waals surface area contributed by atoms with Crippen LogP contribution in [0.3, 0.4) is 0 Å². The zero-order valence-electron chi connectivity index (χ0n) is 19.9. The summed E-state index contributed by atoms with van der Waals surface area (Å²) in [5.41, 5.74) is 0.892. The van der Waals surface area contributed by atoms with Crippen molar-refractivity contribution in [1.29, 1.82) is 0 Å². The second-order valence-electron chi connectivity index (χ2n) is 8.64. The molecule has 34 heavy (non-hydrogen) atoms. The number of Topliss-reactive ketones (excluding diaryl/α,β-unsaturated/α-hetero) is 1. The molecule has 0 saturated heterocycles. The molecule has 1 aromatic heterocycles. The van der Waals surface area contributed by atoms with Crippen molar-refractivity contribution in [2.24, 2.45) is 5.41 Å². The summed E-state index contributed by atoms with van der Waals surface area (Å²) in [4.78, 5) is 32.3. The quantitative estimate of drug-likeness (QED) is 0.466. The van der Waals surface area contributed by atoms with Crippen LogP contribution in [0, 0.1) is 5.41 Å². The summed E-state index contributed by atoms with van der Waals surface area (Å²) >= 11 is 0. The molecule has 7 nitrogen and oxygen atoms in total. The molecule has 0 spiro atoms. The number of rotatable bonds is 10. The van der Waals surface area contributed by atoms with Gasteiger partial charge in [0.15, 0.2) is 0 Å². The van der Waals surface area contributed by atoms with E-state index in [1.165, 1.54) is 26.3 Å². The molecule has 1 amide bonds. The molecule has 0 atom stereocenters. The van der Waals surface area contributed by atoms with Gasteiger partial charge in [-0.15, -0.1) is 0 Å². The minimum Gasteiger partial charge on any atom is -0.496 e. The Balaban J connectivity index is 2.03. The highest BCUT2D eigenvalue weighted by Gasteiger charge is 2.29. The average molecular weight is 474 g/mol. The molecule has 1 aliphatic rings. The number of carbonyl (C=O) groups is 2. The van der Waals surface area contributed by atoms with Crippen LogP contribution >= 0.6 is 0 Å². The Kier molecular flexibility index (Phi) is 7.54. The van der Waals surface area contributed by atoms with Gasteiger partial charge in [-0.2, -0.15) is 8.78 Å². The molecule has 0 aliphatic heterocycles. The van der Waals surface area contributed by atoms with Gasteiger partial charge in [0.05, 0.1) is 19.0 Å². The van der Waals surface area contributed by atoms with E-state index in [1.54, 1.807) is 12.1 Å². The zero-order valence-corrected chi connectivity index (χ0v) is 19.9. The van der Waals surface area contributed by atoms with Gasteiger partial charge in [0.2, 0.25) is 0 Å². The van der Waals surface area contributed by atoms with Crippen molar-refractivity contribution in [2.45, 2.75) is 53.2 Å². The third-order valence-corrected chi connectivity index (χ3v) is 5.79. The molecule has 1 aromatic carbocycles. The lowest BCUT2D eigenvalue weighted by molar-refractivity contribution is -0.123. The first kappa shape index (κ1) is 25.1. The number of alkyl halides is 2. The van der Waals surface area contributed by atoms with Crippen LogP contribution in [0.15, 0.2) is 36.1 Å². The number of benzene rings is 1. The maximum atomic E-state index is 13.1. The molecule has 1 aliphatic carbocycles. The molecular weight excluding hydrogens is 444 g/mol. The monoisotopic (exact) mass is 473 g/mol. The Bertz CT molecular complexity index is 1130. The lowest BCUT2D eigenvalue weighted by Gasteiger charge is -2.22. The van der Waals surface area contributed by atoms with Crippen molar-refractivity contribution in [3.05, 3.63) is 47.4 Å². The minimum atomic E-state index is -3.12. The van der Waals surface area contributed by atoms with Crippen molar-refractivity contribution < 1.29 is 27.8 Å². The number of nitrogens with zero attached hydrogens (tertiary/aromatic N) is 1. The van der Waals surface area contributed by atoms with Gasteiger partial charge in [0.25, 0.3) is 5.91 Å². The second kappa shape index (κ2) is 10.2. The Morgan fingerprint density at radius 3 is 2.50 bits per heavy atom. The van der Waals surface area contributed by atoms with Crippen molar-refractivity contribution in [2.75, 3.05) is 7.11 Å². The third kappa shape index (κ3) is 5.70. The molecule has 0 radical (unpaired) electrons. The number of hydrogen-bond donors (Lipinski definition) is 2. The molecule has 1 heterocycles. The number of halogens is 2. The summed E-state index contributed by atoms with van der Waals surface area (Å²) in [6.45, 7) is 3.92. The van der Waals surface area contributed by atoms with Gasteiger partial charge >= 0.3 is 6.61 Å². The fraction of sp³-hybridized carbons (Fsp3) is 0.400. The largest absolute Gasteiger partial charge is 0.496 e. The van der Waals surface area contributed by atoms with Crippen molar-refractivity contribution in [3.8, 4) is 22.8 Å². The predicted molar refractivity (Wildman–Crippen MR) is 125 cm³/mol. The SMILES string of the molecule is C/C=C\C(=C/c1ncc(-c2cc(OC)c(C(=O)NC3CC3)c(OC(F)F)c2)[nH]1)C(C)(C)C(C)=O. The van der Waals surface area contributed by atoms with E-state index in [1.807, 2.05) is 32.9 Å². The molecule has 2 N–H and O–H groups in total. The Morgan fingerprint density at radius 1 is 1.26 bits per heavy atom. The molecular formula is C25H29F2N3O4. The second-order valence-corrected chi connectivity index (χ2v) is 8.64. The van der Waals surface area contributed by atoms with E-state index < -0.39 is 17.9 Å². The molecule has 0 bridgehead atoms. The maximum Gasteiger partial charge on any atom is 0.387 e. The smallest absolute Gasteiger partial charge is 0.387 e. The van der Waals surface area contributed by atoms with Gasteiger partial charge < -0.3 is 19.8 Å². The first-order valence-electron chi connectivity index (χ1n) is 11.0. The Morgan fingerprint density at radius 2 is 1.94 bits per heavy atom. The standard InChI is InChI=1S/C25H29F2N3O4/c1-6-7-16(25(3,4)14(2)31)12-21-28-13-18(30-21)15-10-19(33-5)22(20(11-15)34-24(26)27)23(32)29-17-8-9-17/h6-7,10-13,17,24H,8-9H2,1-5H3,(H,28,30)(H,29,32)/b7-6-,16-12+. The van der Waals surface area contributed by atoms with Crippen LogP contribution in [0.4, 0.5) is 8.78 Å². The summed E-state index contributed by atoms with van der Waals surface area (Å²) in [7, 11) is 1.35. The number of allylic oxidation sites excluding steroid dienone is 3. The number of ether oxygens (including phenoxy) is 2. The Labute approximate surface area is 197 Å². The first-order chi connectivity index (χ1) is 16.1. The highest BCUT2D eigenvalue weighted by molar-refractivity contribution is 6.01. The highest BCUT2D eigenvalue weighted by Crippen LogP contribution is 2.37. The summed E-state index contributed by atoms with van der Waals surface area (Å²) in [5.74, 6) is -0.241. The van der Waals surface area contributed by atoms with Gasteiger partial charge in [-0.3, -0.25) is 9.59 Å². The number of nitrogens with one attached hydrogen (secondary N) is 2. The van der Waals surface area contributed by atoms with Crippen LogP contribution in [0.5, 0.6) is 11.5 Å². The maximum absolute atomic E-state index is 13.1. The lowest BCUT2D eigenvalue weighted by Crippen LogP contribution is -2.26. The number of imidazole rings is 1. The summed E-state index contributed by atoms with van der Waals surface area (Å²) < 4.78 is 36.3. The lowest BCUT2D eigenvalue weighted by atomic mass is 9.80. The van der Waals surface area contributed by atoms with Gasteiger partial charge in [-0.25, -0.2) is 4.98 Å². The average Bonchev–Trinajstić information content (AvgIpc) is 3.45. The van der Waals surface area contributed by atoms with E-state index in [4.69, 9.17) is 4.74 Å². The minimum absolute atomic E-state index is 0.00205. The van der Waals surface area contributed by atoms with Gasteiger partial charge in [-0.05, 0) is 64.3 Å². The number of aromatic amines is 1. The fourth-order valence-corrected chi connectivity index (χ4v) is 3.33. The molecule has 9 heteroatoms. The van der Waals surface area contributed by atoms with E-state index in [9.17, 15) is 18.4 Å². The van der Waals surface area contributed by atoms with Crippen LogP contribution in [-0.2, 0) is 4.79 Å². The molecule has 0 unspecified atom stereocenters. The van der Waals surface area contributed by atoms with Crippen LogP contribution in [0.1, 0.15) is 56.7 Å². The summed E-state index contributed by atoms with van der Waals surface area (Å²) in [5, 5.41) is 2.77. The number of carbonyl (C=O) groups excluding carboxylic acids is 2. The predicted octanol–water partition coefficient (Wildman–Crippen LogP) is 5.15. The first-order valence-corrected chi connectivity index (χ1v) is 11.0. The fourth-order valence-electron chi connectivity index (χ4n) is 3.33. The normalized spacial score (nSPS) is 14.5. The number of H-pyrrole nitrogens is 1. The van der Waals surface area contributed by atoms with Crippen LogP contribution in [0.25, 0.3) is 17.3 Å². The van der Waals surface area contributed by atoms with Crippen molar-refractivity contribution >= 4 is 17.8 Å². The summed E-state index contributed by atoms with van der Waals surface area (Å²) in [6, 6.07) is 2.95. The van der Waals surface area contributed by atoms with Gasteiger partial charge in [-0.1, -0.05) is 12.2 Å². The molecule has 2 aromatic rings. The van der Waals surface area contributed by atoms with E-state index in [0.717, 1.165) is 18.4 Å². The number of amides is 1. The Hall–Kier alpha value is -3.49. The molecule has 1 saturated carbocycles. The van der Waals surface area contributed by atoms with Gasteiger partial charge in [0.1, 0.15) is 28.7 Å². The van der Waals surface area contributed by atoms with Crippen LogP contribution in [0.2, 0.25) is 0 Å². The number of aromatic nitrogens is 2. The number of hydrogen-bond acceptors (Lipinski definition) is 5. The zero-order chi connectivity index (χ0) is 25.0.